The van der Waals surface area contributed by atoms with Crippen molar-refractivity contribution >= 4 is 47.0 Å². The molecule has 142 valence electrons. The molecule has 1 aromatic heterocycles. The van der Waals surface area contributed by atoms with Crippen LogP contribution in [0.3, 0.4) is 0 Å². The van der Waals surface area contributed by atoms with Gasteiger partial charge in [0.2, 0.25) is 0 Å². The smallest absolute Gasteiger partial charge is 0.191 e. The van der Waals surface area contributed by atoms with Crippen molar-refractivity contribution in [3.05, 3.63) is 46.2 Å². The van der Waals surface area contributed by atoms with Crippen LogP contribution in [0.4, 0.5) is 10.1 Å². The van der Waals surface area contributed by atoms with Crippen LogP contribution in [-0.4, -0.2) is 48.6 Å². The van der Waals surface area contributed by atoms with Gasteiger partial charge in [-0.3, -0.25) is 4.99 Å². The van der Waals surface area contributed by atoms with Crippen LogP contribution < -0.4 is 10.6 Å². The van der Waals surface area contributed by atoms with Gasteiger partial charge in [-0.2, -0.15) is 0 Å². The van der Waals surface area contributed by atoms with Gasteiger partial charge in [0.1, 0.15) is 5.82 Å². The normalized spacial score (nSPS) is 15.1. The minimum atomic E-state index is -0.204. The van der Waals surface area contributed by atoms with E-state index in [2.05, 4.69) is 32.1 Å². The second-order valence-corrected chi connectivity index (χ2v) is 6.97. The molecule has 0 atom stereocenters. The number of aliphatic imine (C=N–C) groups is 1. The lowest BCUT2D eigenvalue weighted by Crippen LogP contribution is -2.51. The van der Waals surface area contributed by atoms with Gasteiger partial charge in [0, 0.05) is 50.2 Å². The number of guanidine groups is 1. The predicted octanol–water partition coefficient (Wildman–Crippen LogP) is 3.14. The van der Waals surface area contributed by atoms with Crippen LogP contribution in [0.1, 0.15) is 17.6 Å². The number of hydrogen-bond donors (Lipinski definition) is 1. The van der Waals surface area contributed by atoms with E-state index in [0.717, 1.165) is 50.4 Å². The molecular weight excluding hydrogens is 464 g/mol. The van der Waals surface area contributed by atoms with Crippen molar-refractivity contribution in [2.45, 2.75) is 19.8 Å². The molecule has 0 spiro atoms. The van der Waals surface area contributed by atoms with E-state index in [1.54, 1.807) is 11.3 Å². The number of nitrogens with zero attached hydrogens (tertiary/aromatic N) is 4. The molecule has 8 heteroatoms. The maximum Gasteiger partial charge on any atom is 0.191 e. The summed E-state index contributed by atoms with van der Waals surface area (Å²) in [5, 5.41) is 3.27. The highest BCUT2D eigenvalue weighted by Crippen LogP contribution is 2.17. The first kappa shape index (κ1) is 20.9. The van der Waals surface area contributed by atoms with Crippen LogP contribution in [0.5, 0.6) is 0 Å². The Morgan fingerprint density at radius 3 is 2.54 bits per heavy atom. The number of rotatable bonds is 5. The highest BCUT2D eigenvalue weighted by Gasteiger charge is 2.18. The SMILES string of the molecule is CCc1nc(CCN=C(N)N2CCN(c3ccc(F)cc3)CC2)cs1.I. The third-order valence-electron chi connectivity index (χ3n) is 4.34. The van der Waals surface area contributed by atoms with Gasteiger partial charge in [-0.15, -0.1) is 35.3 Å². The standard InChI is InChI=1S/C18H24FN5S.HI/c1-2-17-22-15(13-25-17)7-8-21-18(20)24-11-9-23(10-12-24)16-5-3-14(19)4-6-16;/h3-6,13H,2,7-12H2,1H3,(H2,20,21);1H. The number of aromatic nitrogens is 1. The van der Waals surface area contributed by atoms with Crippen molar-refractivity contribution in [2.24, 2.45) is 10.7 Å². The number of anilines is 1. The van der Waals surface area contributed by atoms with E-state index in [9.17, 15) is 4.39 Å². The van der Waals surface area contributed by atoms with E-state index in [1.165, 1.54) is 17.1 Å². The average molecular weight is 489 g/mol. The van der Waals surface area contributed by atoms with Crippen LogP contribution in [0.25, 0.3) is 0 Å². The monoisotopic (exact) mass is 489 g/mol. The van der Waals surface area contributed by atoms with E-state index >= 15 is 0 Å². The summed E-state index contributed by atoms with van der Waals surface area (Å²) < 4.78 is 13.0. The first-order valence-corrected chi connectivity index (χ1v) is 9.52. The Hall–Kier alpha value is -1.42. The fraction of sp³-hybridized carbons (Fsp3) is 0.444. The molecule has 0 aliphatic carbocycles. The minimum absolute atomic E-state index is 0. The van der Waals surface area contributed by atoms with Gasteiger partial charge in [-0.05, 0) is 30.7 Å². The molecule has 0 bridgehead atoms. The Morgan fingerprint density at radius 2 is 1.92 bits per heavy atom. The molecular formula is C18H25FIN5S. The van der Waals surface area contributed by atoms with Crippen LogP contribution in [0.15, 0.2) is 34.6 Å². The third-order valence-corrected chi connectivity index (χ3v) is 5.38. The summed E-state index contributed by atoms with van der Waals surface area (Å²) in [6, 6.07) is 6.64. The van der Waals surface area contributed by atoms with Crippen LogP contribution in [0, 0.1) is 5.82 Å². The van der Waals surface area contributed by atoms with Gasteiger partial charge < -0.3 is 15.5 Å². The molecule has 2 aromatic rings. The highest BCUT2D eigenvalue weighted by molar-refractivity contribution is 14.0. The lowest BCUT2D eigenvalue weighted by molar-refractivity contribution is 0.381. The number of piperazine rings is 1. The molecule has 0 unspecified atom stereocenters. The Bertz CT molecular complexity index is 711. The zero-order valence-electron chi connectivity index (χ0n) is 14.9. The van der Waals surface area contributed by atoms with Crippen molar-refractivity contribution in [1.29, 1.82) is 0 Å². The first-order chi connectivity index (χ1) is 12.2. The second kappa shape index (κ2) is 10.1. The average Bonchev–Trinajstić information content (AvgIpc) is 3.10. The molecule has 2 heterocycles. The van der Waals surface area contributed by atoms with Crippen LogP contribution >= 0.6 is 35.3 Å². The van der Waals surface area contributed by atoms with Gasteiger partial charge in [-0.25, -0.2) is 9.37 Å². The molecule has 1 aliphatic heterocycles. The van der Waals surface area contributed by atoms with Crippen molar-refractivity contribution < 1.29 is 4.39 Å². The van der Waals surface area contributed by atoms with Gasteiger partial charge in [0.15, 0.2) is 5.96 Å². The van der Waals surface area contributed by atoms with E-state index in [-0.39, 0.29) is 29.8 Å². The van der Waals surface area contributed by atoms with Crippen LogP contribution in [-0.2, 0) is 12.8 Å². The lowest BCUT2D eigenvalue weighted by Gasteiger charge is -2.36. The van der Waals surface area contributed by atoms with Crippen molar-refractivity contribution in [3.63, 3.8) is 0 Å². The van der Waals surface area contributed by atoms with Crippen molar-refractivity contribution in [2.75, 3.05) is 37.6 Å². The lowest BCUT2D eigenvalue weighted by atomic mass is 10.2. The molecule has 0 amide bonds. The van der Waals surface area contributed by atoms with Crippen molar-refractivity contribution in [3.8, 4) is 0 Å². The largest absolute Gasteiger partial charge is 0.370 e. The van der Waals surface area contributed by atoms with Crippen LogP contribution in [0.2, 0.25) is 0 Å². The molecule has 5 nitrogen and oxygen atoms in total. The molecule has 2 N–H and O–H groups in total. The molecule has 1 aliphatic rings. The molecule has 0 radical (unpaired) electrons. The summed E-state index contributed by atoms with van der Waals surface area (Å²) >= 11 is 1.71. The first-order valence-electron chi connectivity index (χ1n) is 8.64. The Kier molecular flexibility index (Phi) is 8.08. The van der Waals surface area contributed by atoms with Gasteiger partial charge in [-0.1, -0.05) is 6.92 Å². The van der Waals surface area contributed by atoms with Crippen molar-refractivity contribution in [1.82, 2.24) is 9.88 Å². The molecule has 0 saturated carbocycles. The van der Waals surface area contributed by atoms with E-state index < -0.39 is 0 Å². The zero-order chi connectivity index (χ0) is 17.6. The number of nitrogens with two attached hydrogens (primary N) is 1. The molecule has 1 saturated heterocycles. The zero-order valence-corrected chi connectivity index (χ0v) is 18.0. The fourth-order valence-electron chi connectivity index (χ4n) is 2.86. The number of benzene rings is 1. The molecule has 3 rings (SSSR count). The third kappa shape index (κ3) is 5.54. The summed E-state index contributed by atoms with van der Waals surface area (Å²) in [5.74, 6) is 0.398. The van der Waals surface area contributed by atoms with E-state index in [0.29, 0.717) is 12.5 Å². The quantitative estimate of drug-likeness (QED) is 0.399. The summed E-state index contributed by atoms with van der Waals surface area (Å²) in [7, 11) is 0. The Morgan fingerprint density at radius 1 is 1.23 bits per heavy atom. The van der Waals surface area contributed by atoms with E-state index in [1.807, 2.05) is 12.1 Å². The minimum Gasteiger partial charge on any atom is -0.370 e. The van der Waals surface area contributed by atoms with Gasteiger partial charge in [0.05, 0.1) is 10.7 Å². The number of halogens is 2. The maximum absolute atomic E-state index is 13.0. The predicted molar refractivity (Wildman–Crippen MR) is 117 cm³/mol. The number of thiazole rings is 1. The topological polar surface area (TPSA) is 57.8 Å². The fourth-order valence-corrected chi connectivity index (χ4v) is 3.64. The summed E-state index contributed by atoms with van der Waals surface area (Å²) in [6.07, 6.45) is 1.81. The number of aryl methyl sites for hydroxylation is 1. The molecule has 26 heavy (non-hydrogen) atoms. The second-order valence-electron chi connectivity index (χ2n) is 6.03. The summed E-state index contributed by atoms with van der Waals surface area (Å²) in [5.41, 5.74) is 8.28. The Labute approximate surface area is 175 Å². The van der Waals surface area contributed by atoms with Gasteiger partial charge >= 0.3 is 0 Å². The van der Waals surface area contributed by atoms with Gasteiger partial charge in [0.25, 0.3) is 0 Å². The summed E-state index contributed by atoms with van der Waals surface area (Å²) in [4.78, 5) is 13.4. The molecule has 1 fully saturated rings. The molecule has 1 aromatic carbocycles. The highest BCUT2D eigenvalue weighted by atomic mass is 127. The maximum atomic E-state index is 13.0. The Balaban J connectivity index is 0.00000243. The summed E-state index contributed by atoms with van der Waals surface area (Å²) in [6.45, 7) is 6.13. The van der Waals surface area contributed by atoms with E-state index in [4.69, 9.17) is 5.73 Å². The number of hydrogen-bond acceptors (Lipinski definition) is 4.